The number of rotatable bonds is 5. The van der Waals surface area contributed by atoms with Gasteiger partial charge in [-0.05, 0) is 40.0 Å². The van der Waals surface area contributed by atoms with E-state index in [1.54, 1.807) is 4.80 Å². The predicted molar refractivity (Wildman–Crippen MR) is 84.2 cm³/mol. The number of ether oxygens (including phenoxy) is 2. The molecule has 1 N–H and O–H groups in total. The maximum Gasteiger partial charge on any atom is 0.273 e. The number of carbonyl (C=O) groups excluding carboxylic acids is 1. The molecule has 7 heteroatoms. The fraction of sp³-hybridized carbons (Fsp3) is 0.812. The van der Waals surface area contributed by atoms with Crippen LogP contribution in [0.15, 0.2) is 0 Å². The number of hydrogen-bond donors (Lipinski definition) is 1. The van der Waals surface area contributed by atoms with Crippen LogP contribution in [0.2, 0.25) is 0 Å². The summed E-state index contributed by atoms with van der Waals surface area (Å²) in [5.41, 5.74) is 1.11. The van der Waals surface area contributed by atoms with Crippen LogP contribution >= 0.6 is 0 Å². The molecule has 1 spiro atoms. The molecular weight excluding hydrogens is 296 g/mol. The van der Waals surface area contributed by atoms with E-state index in [9.17, 15) is 4.79 Å². The Morgan fingerprint density at radius 2 is 2.13 bits per heavy atom. The Kier molecular flexibility index (Phi) is 4.68. The van der Waals surface area contributed by atoms with E-state index >= 15 is 0 Å². The van der Waals surface area contributed by atoms with Crippen molar-refractivity contribution < 1.29 is 14.3 Å². The number of carbonyl (C=O) groups is 1. The maximum atomic E-state index is 12.6. The predicted octanol–water partition coefficient (Wildman–Crippen LogP) is 1.31. The SMILES string of the molecule is CCO[C@@H]1C[C@@H](NC(=O)c2nn(CC)nc2C)C12CCOCC2. The summed E-state index contributed by atoms with van der Waals surface area (Å²) in [7, 11) is 0. The number of aromatic nitrogens is 3. The highest BCUT2D eigenvalue weighted by Gasteiger charge is 2.56. The molecule has 0 radical (unpaired) electrons. The highest BCUT2D eigenvalue weighted by Crippen LogP contribution is 2.50. The van der Waals surface area contributed by atoms with E-state index in [2.05, 4.69) is 15.5 Å². The van der Waals surface area contributed by atoms with Gasteiger partial charge in [-0.2, -0.15) is 9.90 Å². The molecule has 128 valence electrons. The van der Waals surface area contributed by atoms with Gasteiger partial charge in [-0.3, -0.25) is 4.79 Å². The van der Waals surface area contributed by atoms with Gasteiger partial charge in [0.25, 0.3) is 5.91 Å². The molecule has 2 heterocycles. The average molecular weight is 322 g/mol. The zero-order valence-corrected chi connectivity index (χ0v) is 14.2. The molecular formula is C16H26N4O3. The van der Waals surface area contributed by atoms with Crippen LogP contribution in [0.1, 0.15) is 49.3 Å². The molecule has 3 rings (SSSR count). The van der Waals surface area contributed by atoms with Crippen LogP contribution in [0.25, 0.3) is 0 Å². The summed E-state index contributed by atoms with van der Waals surface area (Å²) in [4.78, 5) is 14.1. The first-order valence-electron chi connectivity index (χ1n) is 8.52. The highest BCUT2D eigenvalue weighted by atomic mass is 16.5. The number of amides is 1. The van der Waals surface area contributed by atoms with Gasteiger partial charge in [0.2, 0.25) is 0 Å². The molecule has 7 nitrogen and oxygen atoms in total. The minimum atomic E-state index is -0.131. The second-order valence-corrected chi connectivity index (χ2v) is 6.37. The second-order valence-electron chi connectivity index (χ2n) is 6.37. The molecule has 1 amide bonds. The van der Waals surface area contributed by atoms with Crippen LogP contribution < -0.4 is 5.32 Å². The number of aryl methyl sites for hydroxylation is 2. The van der Waals surface area contributed by atoms with Gasteiger partial charge < -0.3 is 14.8 Å². The van der Waals surface area contributed by atoms with Crippen molar-refractivity contribution in [3.63, 3.8) is 0 Å². The van der Waals surface area contributed by atoms with Crippen molar-refractivity contribution in [2.45, 2.75) is 58.7 Å². The standard InChI is InChI=1S/C16H26N4O3/c1-4-20-18-11(3)14(19-20)15(21)17-12-10-13(23-5-2)16(12)6-8-22-9-7-16/h12-13H,4-10H2,1-3H3,(H,17,21)/t12-,13-/m1/s1. The van der Waals surface area contributed by atoms with Gasteiger partial charge in [-0.15, -0.1) is 5.10 Å². The largest absolute Gasteiger partial charge is 0.381 e. The van der Waals surface area contributed by atoms with E-state index < -0.39 is 0 Å². The van der Waals surface area contributed by atoms with Crippen molar-refractivity contribution in [3.05, 3.63) is 11.4 Å². The molecule has 1 saturated carbocycles. The summed E-state index contributed by atoms with van der Waals surface area (Å²) in [5.74, 6) is -0.131. The van der Waals surface area contributed by atoms with Crippen LogP contribution in [0.3, 0.4) is 0 Å². The lowest BCUT2D eigenvalue weighted by molar-refractivity contribution is -0.170. The summed E-state index contributed by atoms with van der Waals surface area (Å²) in [6.45, 7) is 8.63. The Morgan fingerprint density at radius 3 is 2.74 bits per heavy atom. The zero-order valence-electron chi connectivity index (χ0n) is 14.2. The molecule has 0 bridgehead atoms. The topological polar surface area (TPSA) is 78.3 Å². The lowest BCUT2D eigenvalue weighted by Crippen LogP contribution is -2.66. The van der Waals surface area contributed by atoms with Gasteiger partial charge in [0.15, 0.2) is 5.69 Å². The van der Waals surface area contributed by atoms with Crippen molar-refractivity contribution in [2.75, 3.05) is 19.8 Å². The number of nitrogens with one attached hydrogen (secondary N) is 1. The summed E-state index contributed by atoms with van der Waals surface area (Å²) < 4.78 is 11.4. The van der Waals surface area contributed by atoms with Crippen molar-refractivity contribution in [3.8, 4) is 0 Å². The minimum Gasteiger partial charge on any atom is -0.381 e. The van der Waals surface area contributed by atoms with E-state index in [0.29, 0.717) is 24.5 Å². The van der Waals surface area contributed by atoms with Crippen LogP contribution in [0.4, 0.5) is 0 Å². The third-order valence-electron chi connectivity index (χ3n) is 5.20. The first-order chi connectivity index (χ1) is 11.1. The van der Waals surface area contributed by atoms with Gasteiger partial charge in [0, 0.05) is 31.3 Å². The van der Waals surface area contributed by atoms with Crippen LogP contribution in [-0.4, -0.2) is 52.9 Å². The minimum absolute atomic E-state index is 0.0125. The summed E-state index contributed by atoms with van der Waals surface area (Å²) in [6.07, 6.45) is 2.95. The van der Waals surface area contributed by atoms with Gasteiger partial charge >= 0.3 is 0 Å². The van der Waals surface area contributed by atoms with E-state index in [1.807, 2.05) is 20.8 Å². The smallest absolute Gasteiger partial charge is 0.273 e. The Bertz CT molecular complexity index is 566. The molecule has 1 aliphatic carbocycles. The molecule has 0 aromatic carbocycles. The van der Waals surface area contributed by atoms with E-state index in [-0.39, 0.29) is 23.5 Å². The molecule has 2 aliphatic rings. The van der Waals surface area contributed by atoms with Gasteiger partial charge in [-0.25, -0.2) is 0 Å². The van der Waals surface area contributed by atoms with Crippen molar-refractivity contribution in [1.29, 1.82) is 0 Å². The monoisotopic (exact) mass is 322 g/mol. The van der Waals surface area contributed by atoms with E-state index in [0.717, 1.165) is 32.5 Å². The molecule has 2 fully saturated rings. The molecule has 1 saturated heterocycles. The van der Waals surface area contributed by atoms with Crippen molar-refractivity contribution in [1.82, 2.24) is 20.3 Å². The molecule has 1 aromatic rings. The van der Waals surface area contributed by atoms with Crippen molar-refractivity contribution in [2.24, 2.45) is 5.41 Å². The molecule has 1 aromatic heterocycles. The summed E-state index contributed by atoms with van der Waals surface area (Å²) in [5, 5.41) is 11.7. The van der Waals surface area contributed by atoms with Crippen LogP contribution in [0.5, 0.6) is 0 Å². The third-order valence-corrected chi connectivity index (χ3v) is 5.20. The Labute approximate surface area is 136 Å². The Hall–Kier alpha value is -1.47. The summed E-state index contributed by atoms with van der Waals surface area (Å²) >= 11 is 0. The average Bonchev–Trinajstić information content (AvgIpc) is 2.95. The first-order valence-corrected chi connectivity index (χ1v) is 8.52. The zero-order chi connectivity index (χ0) is 16.4. The van der Waals surface area contributed by atoms with Crippen LogP contribution in [0, 0.1) is 12.3 Å². The van der Waals surface area contributed by atoms with Crippen molar-refractivity contribution >= 4 is 5.91 Å². The van der Waals surface area contributed by atoms with Gasteiger partial charge in [-0.1, -0.05) is 0 Å². The Balaban J connectivity index is 1.71. The fourth-order valence-corrected chi connectivity index (χ4v) is 3.82. The van der Waals surface area contributed by atoms with Gasteiger partial charge in [0.05, 0.1) is 18.3 Å². The molecule has 23 heavy (non-hydrogen) atoms. The fourth-order valence-electron chi connectivity index (χ4n) is 3.82. The van der Waals surface area contributed by atoms with E-state index in [1.165, 1.54) is 0 Å². The van der Waals surface area contributed by atoms with E-state index in [4.69, 9.17) is 9.47 Å². The first kappa shape index (κ1) is 16.4. The lowest BCUT2D eigenvalue weighted by atomic mass is 9.57. The third kappa shape index (κ3) is 2.87. The highest BCUT2D eigenvalue weighted by molar-refractivity contribution is 5.93. The molecule has 2 atom stereocenters. The lowest BCUT2D eigenvalue weighted by Gasteiger charge is -2.57. The molecule has 1 aliphatic heterocycles. The Morgan fingerprint density at radius 1 is 1.39 bits per heavy atom. The second kappa shape index (κ2) is 6.57. The quantitative estimate of drug-likeness (QED) is 0.884. The summed E-state index contributed by atoms with van der Waals surface area (Å²) in [6, 6.07) is 0.127. The van der Waals surface area contributed by atoms with Gasteiger partial charge in [0.1, 0.15) is 0 Å². The number of nitrogens with zero attached hydrogens (tertiary/aromatic N) is 3. The number of hydrogen-bond acceptors (Lipinski definition) is 5. The normalized spacial score (nSPS) is 26.0. The maximum absolute atomic E-state index is 12.6. The van der Waals surface area contributed by atoms with Crippen LogP contribution in [-0.2, 0) is 16.0 Å². The molecule has 0 unspecified atom stereocenters.